The van der Waals surface area contributed by atoms with E-state index in [9.17, 15) is 0 Å². The average Bonchev–Trinajstić information content (AvgIpc) is 2.27. The third-order valence-corrected chi connectivity index (χ3v) is 2.73. The van der Waals surface area contributed by atoms with Gasteiger partial charge in [-0.25, -0.2) is 0 Å². The van der Waals surface area contributed by atoms with Crippen molar-refractivity contribution in [3.05, 3.63) is 28.8 Å². The van der Waals surface area contributed by atoms with Crippen LogP contribution in [0.1, 0.15) is 33.3 Å². The van der Waals surface area contributed by atoms with Crippen LogP contribution in [0.15, 0.2) is 18.2 Å². The first-order chi connectivity index (χ1) is 8.44. The van der Waals surface area contributed by atoms with Gasteiger partial charge in [0.25, 0.3) is 0 Å². The topological polar surface area (TPSA) is 30.5 Å². The Kier molecular flexibility index (Phi) is 5.93. The highest BCUT2D eigenvalue weighted by atomic mass is 35.5. The number of rotatable bonds is 6. The summed E-state index contributed by atoms with van der Waals surface area (Å²) in [6.45, 7) is 9.84. The lowest BCUT2D eigenvalue weighted by molar-refractivity contribution is 0.0217. The highest BCUT2D eigenvalue weighted by molar-refractivity contribution is 6.31. The zero-order valence-electron chi connectivity index (χ0n) is 11.5. The Hall–Kier alpha value is -0.770. The van der Waals surface area contributed by atoms with Crippen LogP contribution >= 0.6 is 11.6 Å². The maximum absolute atomic E-state index is 6.21. The van der Waals surface area contributed by atoms with Crippen molar-refractivity contribution >= 4 is 11.6 Å². The van der Waals surface area contributed by atoms with Crippen LogP contribution in [0.2, 0.25) is 5.02 Å². The van der Waals surface area contributed by atoms with E-state index in [2.05, 4.69) is 26.1 Å². The Morgan fingerprint density at radius 1 is 1.28 bits per heavy atom. The zero-order valence-corrected chi connectivity index (χ0v) is 12.3. The number of nitrogens with one attached hydrogen (secondary N) is 1. The van der Waals surface area contributed by atoms with E-state index in [0.29, 0.717) is 18.2 Å². The second kappa shape index (κ2) is 6.98. The molecule has 0 atom stereocenters. The zero-order chi connectivity index (χ0) is 13.6. The lowest BCUT2D eigenvalue weighted by Gasteiger charge is -2.22. The molecule has 0 spiro atoms. The number of ether oxygens (including phenoxy) is 2. The van der Waals surface area contributed by atoms with Crippen molar-refractivity contribution in [2.45, 2.75) is 39.8 Å². The Labute approximate surface area is 114 Å². The molecule has 0 saturated carbocycles. The summed E-state index contributed by atoms with van der Waals surface area (Å²) in [5, 5.41) is 4.11. The minimum atomic E-state index is 0.0381. The van der Waals surface area contributed by atoms with Gasteiger partial charge in [-0.15, -0.1) is 0 Å². The summed E-state index contributed by atoms with van der Waals surface area (Å²) in [5.74, 6) is 0.771. The first-order valence-corrected chi connectivity index (χ1v) is 6.55. The molecule has 4 heteroatoms. The summed E-state index contributed by atoms with van der Waals surface area (Å²) in [6.07, 6.45) is 0. The van der Waals surface area contributed by atoms with E-state index in [1.807, 2.05) is 25.1 Å². The molecule has 0 heterocycles. The van der Waals surface area contributed by atoms with Crippen molar-refractivity contribution in [3.8, 4) is 5.75 Å². The van der Waals surface area contributed by atoms with E-state index in [4.69, 9.17) is 21.1 Å². The van der Waals surface area contributed by atoms with Gasteiger partial charge in [-0.3, -0.25) is 0 Å². The van der Waals surface area contributed by atoms with E-state index < -0.39 is 0 Å². The van der Waals surface area contributed by atoms with Crippen LogP contribution in [-0.4, -0.2) is 18.9 Å². The highest BCUT2D eigenvalue weighted by Crippen LogP contribution is 2.26. The molecule has 0 amide bonds. The van der Waals surface area contributed by atoms with Gasteiger partial charge >= 0.3 is 0 Å². The van der Waals surface area contributed by atoms with Crippen LogP contribution in [0, 0.1) is 0 Å². The molecule has 0 fully saturated rings. The molecular weight excluding hydrogens is 250 g/mol. The summed E-state index contributed by atoms with van der Waals surface area (Å²) in [5.41, 5.74) is 1.00. The average molecular weight is 272 g/mol. The van der Waals surface area contributed by atoms with Gasteiger partial charge in [0.1, 0.15) is 5.75 Å². The maximum atomic E-state index is 6.21. The second-order valence-electron chi connectivity index (χ2n) is 5.08. The number of hydrogen-bond donors (Lipinski definition) is 1. The first kappa shape index (κ1) is 15.3. The number of hydrogen-bond acceptors (Lipinski definition) is 3. The van der Waals surface area contributed by atoms with E-state index in [-0.39, 0.29) is 12.3 Å². The lowest BCUT2D eigenvalue weighted by atomic mass is 10.1. The van der Waals surface area contributed by atoms with Crippen molar-refractivity contribution in [2.75, 3.05) is 13.4 Å². The Balaban J connectivity index is 2.74. The minimum Gasteiger partial charge on any atom is -0.467 e. The lowest BCUT2D eigenvalue weighted by Crippen LogP contribution is -2.35. The van der Waals surface area contributed by atoms with Crippen LogP contribution in [0.4, 0.5) is 0 Å². The molecule has 3 nitrogen and oxygen atoms in total. The number of benzene rings is 1. The summed E-state index contributed by atoms with van der Waals surface area (Å²) < 4.78 is 10.8. The van der Waals surface area contributed by atoms with E-state index >= 15 is 0 Å². The van der Waals surface area contributed by atoms with Gasteiger partial charge in [0.05, 0.1) is 0 Å². The fraction of sp³-hybridized carbons (Fsp3) is 0.571. The molecule has 1 rings (SSSR count). The molecule has 0 aliphatic carbocycles. The van der Waals surface area contributed by atoms with E-state index in [1.54, 1.807) is 0 Å². The molecule has 0 aromatic heterocycles. The fourth-order valence-electron chi connectivity index (χ4n) is 1.39. The Morgan fingerprint density at radius 2 is 2.00 bits per heavy atom. The van der Waals surface area contributed by atoms with Gasteiger partial charge in [0.2, 0.25) is 0 Å². The largest absolute Gasteiger partial charge is 0.467 e. The molecule has 0 aliphatic heterocycles. The van der Waals surface area contributed by atoms with Crippen LogP contribution in [0.5, 0.6) is 5.75 Å². The summed E-state index contributed by atoms with van der Waals surface area (Å²) >= 11 is 6.21. The van der Waals surface area contributed by atoms with Gasteiger partial charge in [-0.2, -0.15) is 0 Å². The molecule has 0 bridgehead atoms. The third kappa shape index (κ3) is 5.25. The minimum absolute atomic E-state index is 0.0381. The van der Waals surface area contributed by atoms with E-state index in [1.165, 1.54) is 0 Å². The van der Waals surface area contributed by atoms with Crippen LogP contribution in [0.25, 0.3) is 0 Å². The predicted molar refractivity (Wildman–Crippen MR) is 75.2 cm³/mol. The van der Waals surface area contributed by atoms with Crippen molar-refractivity contribution in [3.63, 3.8) is 0 Å². The van der Waals surface area contributed by atoms with Gasteiger partial charge in [-0.05, 0) is 39.8 Å². The highest BCUT2D eigenvalue weighted by Gasteiger charge is 2.13. The quantitative estimate of drug-likeness (QED) is 0.633. The van der Waals surface area contributed by atoms with Crippen molar-refractivity contribution in [1.82, 2.24) is 5.32 Å². The third-order valence-electron chi connectivity index (χ3n) is 2.37. The Morgan fingerprint density at radius 3 is 2.61 bits per heavy atom. The predicted octanol–water partition coefficient (Wildman–Crippen LogP) is 3.60. The number of halogens is 1. The summed E-state index contributed by atoms with van der Waals surface area (Å²) in [4.78, 5) is 0. The summed E-state index contributed by atoms with van der Waals surface area (Å²) in [7, 11) is 0. The summed E-state index contributed by atoms with van der Waals surface area (Å²) in [6, 6.07) is 5.66. The van der Waals surface area contributed by atoms with E-state index in [0.717, 1.165) is 11.3 Å². The second-order valence-corrected chi connectivity index (χ2v) is 5.48. The molecule has 1 aromatic carbocycles. The first-order valence-electron chi connectivity index (χ1n) is 6.17. The van der Waals surface area contributed by atoms with Crippen LogP contribution < -0.4 is 10.1 Å². The molecular formula is C14H22ClNO2. The van der Waals surface area contributed by atoms with Gasteiger partial charge < -0.3 is 14.8 Å². The molecule has 1 N–H and O–H groups in total. The van der Waals surface area contributed by atoms with Crippen LogP contribution in [0.3, 0.4) is 0 Å². The molecule has 18 heavy (non-hydrogen) atoms. The standard InChI is InChI=1S/C14H22ClNO2/c1-5-17-10-18-13-8-6-7-12(15)11(13)9-16-14(2,3)4/h6-8,16H,5,9-10H2,1-4H3. The van der Waals surface area contributed by atoms with Crippen molar-refractivity contribution < 1.29 is 9.47 Å². The molecule has 0 radical (unpaired) electrons. The normalized spacial score (nSPS) is 11.6. The van der Waals surface area contributed by atoms with Gasteiger partial charge in [0.15, 0.2) is 6.79 Å². The Bertz CT molecular complexity index is 375. The molecule has 102 valence electrons. The van der Waals surface area contributed by atoms with Gasteiger partial charge in [0, 0.05) is 29.3 Å². The van der Waals surface area contributed by atoms with Gasteiger partial charge in [-0.1, -0.05) is 17.7 Å². The SMILES string of the molecule is CCOCOc1cccc(Cl)c1CNC(C)(C)C. The fourth-order valence-corrected chi connectivity index (χ4v) is 1.62. The molecule has 1 aromatic rings. The monoisotopic (exact) mass is 271 g/mol. The maximum Gasteiger partial charge on any atom is 0.189 e. The molecule has 0 saturated heterocycles. The molecule has 0 aliphatic rings. The van der Waals surface area contributed by atoms with Crippen molar-refractivity contribution in [2.24, 2.45) is 0 Å². The van der Waals surface area contributed by atoms with Crippen molar-refractivity contribution in [1.29, 1.82) is 0 Å². The smallest absolute Gasteiger partial charge is 0.189 e. The molecule has 0 unspecified atom stereocenters. The van der Waals surface area contributed by atoms with Crippen LogP contribution in [-0.2, 0) is 11.3 Å².